The first-order chi connectivity index (χ1) is 12.5. The van der Waals surface area contributed by atoms with E-state index < -0.39 is 12.1 Å². The smallest absolute Gasteiger partial charge is 0.344 e. The molecule has 0 unspecified atom stereocenters. The summed E-state index contributed by atoms with van der Waals surface area (Å²) in [6.45, 7) is 2.49. The predicted octanol–water partition coefficient (Wildman–Crippen LogP) is 3.24. The van der Waals surface area contributed by atoms with Crippen molar-refractivity contribution in [1.29, 1.82) is 0 Å². The Balaban J connectivity index is 1.49. The number of fused-ring (bicyclic) bond motifs is 1. The molecule has 1 heterocycles. The number of benzene rings is 2. The monoisotopic (exact) mass is 373 g/mol. The van der Waals surface area contributed by atoms with E-state index in [0.717, 1.165) is 12.0 Å². The van der Waals surface area contributed by atoms with Gasteiger partial charge >= 0.3 is 5.97 Å². The van der Waals surface area contributed by atoms with Gasteiger partial charge in [-0.1, -0.05) is 35.9 Å². The van der Waals surface area contributed by atoms with Crippen LogP contribution in [-0.4, -0.2) is 36.0 Å². The summed E-state index contributed by atoms with van der Waals surface area (Å²) >= 11 is 5.79. The number of nitrogens with zero attached hydrogens (tertiary/aromatic N) is 1. The Morgan fingerprint density at radius 2 is 1.81 bits per heavy atom. The van der Waals surface area contributed by atoms with E-state index in [-0.39, 0.29) is 12.5 Å². The van der Waals surface area contributed by atoms with E-state index in [9.17, 15) is 9.59 Å². The van der Waals surface area contributed by atoms with E-state index in [4.69, 9.17) is 21.1 Å². The SMILES string of the molecule is C[C@@H](OC(=O)COc1ccc(Cl)cc1)C(=O)N1CCc2ccccc2C1. The highest BCUT2D eigenvalue weighted by molar-refractivity contribution is 6.30. The lowest BCUT2D eigenvalue weighted by molar-refractivity contribution is -0.161. The quantitative estimate of drug-likeness (QED) is 0.755. The molecular weight excluding hydrogens is 354 g/mol. The molecule has 0 saturated heterocycles. The molecule has 0 N–H and O–H groups in total. The molecule has 0 aliphatic carbocycles. The van der Waals surface area contributed by atoms with Crippen LogP contribution < -0.4 is 4.74 Å². The Bertz CT molecular complexity index is 791. The maximum atomic E-state index is 12.5. The zero-order chi connectivity index (χ0) is 18.5. The first-order valence-corrected chi connectivity index (χ1v) is 8.84. The first-order valence-electron chi connectivity index (χ1n) is 8.46. The van der Waals surface area contributed by atoms with E-state index in [1.807, 2.05) is 18.2 Å². The number of amides is 1. The van der Waals surface area contributed by atoms with Gasteiger partial charge in [-0.3, -0.25) is 4.79 Å². The van der Waals surface area contributed by atoms with Crippen molar-refractivity contribution in [3.63, 3.8) is 0 Å². The third-order valence-corrected chi connectivity index (χ3v) is 4.52. The molecule has 1 aliphatic rings. The third kappa shape index (κ3) is 4.55. The second kappa shape index (κ2) is 8.23. The van der Waals surface area contributed by atoms with Crippen molar-refractivity contribution in [3.8, 4) is 5.75 Å². The molecule has 2 aromatic carbocycles. The van der Waals surface area contributed by atoms with Crippen molar-refractivity contribution in [1.82, 2.24) is 4.90 Å². The lowest BCUT2D eigenvalue weighted by Crippen LogP contribution is -2.43. The summed E-state index contributed by atoms with van der Waals surface area (Å²) < 4.78 is 10.6. The first kappa shape index (κ1) is 18.3. The summed E-state index contributed by atoms with van der Waals surface area (Å²) in [5.74, 6) is -0.268. The number of ether oxygens (including phenoxy) is 2. The number of carbonyl (C=O) groups is 2. The van der Waals surface area contributed by atoms with Crippen molar-refractivity contribution >= 4 is 23.5 Å². The zero-order valence-electron chi connectivity index (χ0n) is 14.5. The van der Waals surface area contributed by atoms with E-state index in [1.165, 1.54) is 5.56 Å². The van der Waals surface area contributed by atoms with Gasteiger partial charge in [0.1, 0.15) is 5.75 Å². The number of esters is 1. The summed E-state index contributed by atoms with van der Waals surface area (Å²) in [4.78, 5) is 26.2. The van der Waals surface area contributed by atoms with Crippen LogP contribution in [-0.2, 0) is 27.3 Å². The summed E-state index contributed by atoms with van der Waals surface area (Å²) in [5.41, 5.74) is 2.40. The van der Waals surface area contributed by atoms with Crippen LogP contribution in [0, 0.1) is 0 Å². The maximum absolute atomic E-state index is 12.5. The molecule has 0 fully saturated rings. The average Bonchev–Trinajstić information content (AvgIpc) is 2.66. The van der Waals surface area contributed by atoms with Gasteiger partial charge < -0.3 is 14.4 Å². The molecule has 0 spiro atoms. The van der Waals surface area contributed by atoms with Gasteiger partial charge in [-0.15, -0.1) is 0 Å². The number of hydrogen-bond acceptors (Lipinski definition) is 4. The van der Waals surface area contributed by atoms with Crippen LogP contribution in [0.3, 0.4) is 0 Å². The standard InChI is InChI=1S/C20H20ClNO4/c1-14(26-19(23)13-25-18-8-6-17(21)7-9-18)20(24)22-11-10-15-4-2-3-5-16(15)12-22/h2-9,14H,10-13H2,1H3/t14-/m1/s1. The Morgan fingerprint density at radius 3 is 2.54 bits per heavy atom. The topological polar surface area (TPSA) is 55.8 Å². The van der Waals surface area contributed by atoms with Gasteiger partial charge in [-0.2, -0.15) is 0 Å². The van der Waals surface area contributed by atoms with Crippen LogP contribution >= 0.6 is 11.6 Å². The van der Waals surface area contributed by atoms with Crippen LogP contribution in [0.4, 0.5) is 0 Å². The normalized spacial score (nSPS) is 14.3. The molecule has 3 rings (SSSR count). The van der Waals surface area contributed by atoms with Crippen molar-refractivity contribution in [2.24, 2.45) is 0 Å². The van der Waals surface area contributed by atoms with E-state index >= 15 is 0 Å². The molecule has 1 atom stereocenters. The van der Waals surface area contributed by atoms with Gasteiger partial charge in [0, 0.05) is 18.1 Å². The second-order valence-corrected chi connectivity index (χ2v) is 6.59. The Labute approximate surface area is 157 Å². The molecular formula is C20H20ClNO4. The lowest BCUT2D eigenvalue weighted by Gasteiger charge is -2.30. The van der Waals surface area contributed by atoms with Gasteiger partial charge in [0.2, 0.25) is 0 Å². The predicted molar refractivity (Wildman–Crippen MR) is 98.1 cm³/mol. The van der Waals surface area contributed by atoms with Gasteiger partial charge in [-0.25, -0.2) is 4.79 Å². The molecule has 0 saturated carbocycles. The number of hydrogen-bond donors (Lipinski definition) is 0. The maximum Gasteiger partial charge on any atom is 0.344 e. The van der Waals surface area contributed by atoms with Gasteiger partial charge in [0.25, 0.3) is 5.91 Å². The fraction of sp³-hybridized carbons (Fsp3) is 0.300. The molecule has 0 radical (unpaired) electrons. The largest absolute Gasteiger partial charge is 0.482 e. The average molecular weight is 374 g/mol. The van der Waals surface area contributed by atoms with E-state index in [2.05, 4.69) is 6.07 Å². The van der Waals surface area contributed by atoms with Crippen molar-refractivity contribution in [2.75, 3.05) is 13.2 Å². The van der Waals surface area contributed by atoms with Crippen LogP contribution in [0.1, 0.15) is 18.1 Å². The van der Waals surface area contributed by atoms with Gasteiger partial charge in [0.15, 0.2) is 12.7 Å². The lowest BCUT2D eigenvalue weighted by atomic mass is 9.99. The van der Waals surface area contributed by atoms with Crippen molar-refractivity contribution < 1.29 is 19.1 Å². The molecule has 136 valence electrons. The molecule has 1 amide bonds. The summed E-state index contributed by atoms with van der Waals surface area (Å²) in [5, 5.41) is 0.585. The van der Waals surface area contributed by atoms with Crippen LogP contribution in [0.5, 0.6) is 5.75 Å². The summed E-state index contributed by atoms with van der Waals surface area (Å²) in [6, 6.07) is 14.7. The molecule has 6 heteroatoms. The highest BCUT2D eigenvalue weighted by atomic mass is 35.5. The molecule has 5 nitrogen and oxygen atoms in total. The fourth-order valence-corrected chi connectivity index (χ4v) is 3.02. The van der Waals surface area contributed by atoms with Gasteiger partial charge in [0.05, 0.1) is 0 Å². The highest BCUT2D eigenvalue weighted by Gasteiger charge is 2.26. The van der Waals surface area contributed by atoms with E-state index in [1.54, 1.807) is 36.1 Å². The third-order valence-electron chi connectivity index (χ3n) is 4.27. The second-order valence-electron chi connectivity index (χ2n) is 6.15. The molecule has 0 aromatic heterocycles. The van der Waals surface area contributed by atoms with Crippen molar-refractivity contribution in [3.05, 3.63) is 64.7 Å². The minimum Gasteiger partial charge on any atom is -0.482 e. The van der Waals surface area contributed by atoms with Crippen LogP contribution in [0.25, 0.3) is 0 Å². The van der Waals surface area contributed by atoms with E-state index in [0.29, 0.717) is 23.9 Å². The molecule has 1 aliphatic heterocycles. The summed E-state index contributed by atoms with van der Waals surface area (Å²) in [7, 11) is 0. The number of rotatable bonds is 5. The van der Waals surface area contributed by atoms with Crippen molar-refractivity contribution in [2.45, 2.75) is 26.0 Å². The fourth-order valence-electron chi connectivity index (χ4n) is 2.90. The Hall–Kier alpha value is -2.53. The van der Waals surface area contributed by atoms with Gasteiger partial charge in [-0.05, 0) is 48.7 Å². The Morgan fingerprint density at radius 1 is 1.12 bits per heavy atom. The minimum atomic E-state index is -0.846. The zero-order valence-corrected chi connectivity index (χ0v) is 15.2. The number of halogens is 1. The highest BCUT2D eigenvalue weighted by Crippen LogP contribution is 2.19. The number of carbonyl (C=O) groups excluding carboxylic acids is 2. The summed E-state index contributed by atoms with van der Waals surface area (Å²) in [6.07, 6.45) is -0.0380. The van der Waals surface area contributed by atoms with Crippen LogP contribution in [0.2, 0.25) is 5.02 Å². The molecule has 0 bridgehead atoms. The Kier molecular flexibility index (Phi) is 5.78. The molecule has 26 heavy (non-hydrogen) atoms. The van der Waals surface area contributed by atoms with Crippen LogP contribution in [0.15, 0.2) is 48.5 Å². The molecule has 2 aromatic rings. The minimum absolute atomic E-state index is 0.195.